The molecule has 8 heteroatoms. The molecule has 0 N–H and O–H groups in total. The van der Waals surface area contributed by atoms with Gasteiger partial charge in [0.05, 0.1) is 0 Å². The molecule has 0 spiro atoms. The molecule has 0 aliphatic rings. The van der Waals surface area contributed by atoms with Crippen molar-refractivity contribution in [2.24, 2.45) is 0 Å². The van der Waals surface area contributed by atoms with Gasteiger partial charge in [-0.25, -0.2) is 0 Å². The van der Waals surface area contributed by atoms with Crippen molar-refractivity contribution in [2.75, 3.05) is 0 Å². The molecule has 0 radical (unpaired) electrons. The summed E-state index contributed by atoms with van der Waals surface area (Å²) in [7, 11) is -4.30. The van der Waals surface area contributed by atoms with E-state index >= 15 is 0 Å². The first-order chi connectivity index (χ1) is 7.21. The molecular weight excluding hydrogens is 312 g/mol. The van der Waals surface area contributed by atoms with Crippen LogP contribution in [0.2, 0.25) is 0 Å². The van der Waals surface area contributed by atoms with Crippen molar-refractivity contribution in [1.29, 1.82) is 0 Å². The Labute approximate surface area is 97.2 Å². The van der Waals surface area contributed by atoms with Crippen LogP contribution in [0.4, 0.5) is 13.2 Å². The number of hydrogen-bond donors (Lipinski definition) is 0. The van der Waals surface area contributed by atoms with Gasteiger partial charge in [0, 0.05) is 0 Å². The van der Waals surface area contributed by atoms with E-state index in [1.165, 1.54) is 24.3 Å². The minimum atomic E-state index is -4.61. The van der Waals surface area contributed by atoms with Crippen LogP contribution in [0, 0.1) is 6.92 Å². The van der Waals surface area contributed by atoms with E-state index in [0.29, 0.717) is 0 Å². The monoisotopic (exact) mass is 320 g/mol. The molecule has 0 saturated carbocycles. The van der Waals surface area contributed by atoms with Gasteiger partial charge in [-0.2, -0.15) is 0 Å². The van der Waals surface area contributed by atoms with Gasteiger partial charge in [-0.3, -0.25) is 0 Å². The zero-order chi connectivity index (χ0) is 12.4. The van der Waals surface area contributed by atoms with Gasteiger partial charge in [0.2, 0.25) is 0 Å². The Bertz CT molecular complexity index is 452. The molecule has 0 aliphatic heterocycles. The van der Waals surface area contributed by atoms with Crippen molar-refractivity contribution in [2.45, 2.75) is 16.9 Å². The van der Waals surface area contributed by atoms with Crippen LogP contribution in [0.5, 0.6) is 0 Å². The predicted molar refractivity (Wildman–Crippen MR) is 51.3 cm³/mol. The third kappa shape index (κ3) is 4.13. The molecule has 0 atom stereocenters. The average molecular weight is 319 g/mol. The van der Waals surface area contributed by atoms with Crippen LogP contribution in [0.15, 0.2) is 29.2 Å². The van der Waals surface area contributed by atoms with Crippen molar-refractivity contribution in [3.8, 4) is 0 Å². The quantitative estimate of drug-likeness (QED) is 0.799. The predicted octanol–water partition coefficient (Wildman–Crippen LogP) is 1.84. The van der Waals surface area contributed by atoms with Crippen LogP contribution in [0.3, 0.4) is 0 Å². The van der Waals surface area contributed by atoms with Crippen molar-refractivity contribution in [1.82, 2.24) is 0 Å². The van der Waals surface area contributed by atoms with Gasteiger partial charge in [0.25, 0.3) is 0 Å². The van der Waals surface area contributed by atoms with Crippen molar-refractivity contribution >= 4 is 25.4 Å². The van der Waals surface area contributed by atoms with Crippen LogP contribution in [0.1, 0.15) is 5.56 Å². The normalized spacial score (nSPS) is 12.8. The van der Waals surface area contributed by atoms with Gasteiger partial charge in [-0.05, 0) is 0 Å². The van der Waals surface area contributed by atoms with Gasteiger partial charge >= 0.3 is 97.0 Å². The summed E-state index contributed by atoms with van der Waals surface area (Å²) in [5.41, 5.74) is 0.806. The summed E-state index contributed by atoms with van der Waals surface area (Å²) in [5.74, 6) is 0. The number of alkyl halides is 3. The van der Waals surface area contributed by atoms with Crippen LogP contribution in [-0.4, -0.2) is 28.8 Å². The standard InChI is InChI=1S/C8H7F3O3SSe/c1-6-2-4-7(5-3-6)15(12,13)14-16-8(9,10)11/h2-5H,1H3. The zero-order valence-electron chi connectivity index (χ0n) is 7.98. The van der Waals surface area contributed by atoms with Gasteiger partial charge < -0.3 is 0 Å². The summed E-state index contributed by atoms with van der Waals surface area (Å²) in [6.07, 6.45) is 0. The first kappa shape index (κ1) is 13.5. The van der Waals surface area contributed by atoms with Crippen molar-refractivity contribution < 1.29 is 24.9 Å². The van der Waals surface area contributed by atoms with E-state index < -0.39 is 30.5 Å². The molecule has 1 aromatic carbocycles. The fourth-order valence-electron chi connectivity index (χ4n) is 0.828. The Morgan fingerprint density at radius 3 is 2.12 bits per heavy atom. The second-order valence-corrected chi connectivity index (χ2v) is 6.56. The Balaban J connectivity index is 2.83. The summed E-state index contributed by atoms with van der Waals surface area (Å²) < 4.78 is 61.9. The maximum absolute atomic E-state index is 11.8. The van der Waals surface area contributed by atoms with Crippen molar-refractivity contribution in [3.63, 3.8) is 0 Å². The van der Waals surface area contributed by atoms with E-state index in [4.69, 9.17) is 0 Å². The molecule has 0 fully saturated rings. The molecule has 1 rings (SSSR count). The van der Waals surface area contributed by atoms with E-state index in [-0.39, 0.29) is 4.90 Å². The van der Waals surface area contributed by atoms with Gasteiger partial charge in [0.15, 0.2) is 0 Å². The summed E-state index contributed by atoms with van der Waals surface area (Å²) in [5, 5.41) is -4.61. The van der Waals surface area contributed by atoms with Crippen LogP contribution in [0.25, 0.3) is 0 Å². The summed E-state index contributed by atoms with van der Waals surface area (Å²) >= 11 is -2.39. The van der Waals surface area contributed by atoms with E-state index in [2.05, 4.69) is 3.27 Å². The summed E-state index contributed by atoms with van der Waals surface area (Å²) in [6.45, 7) is 1.73. The fraction of sp³-hybridized carbons (Fsp3) is 0.250. The van der Waals surface area contributed by atoms with Gasteiger partial charge in [-0.1, -0.05) is 0 Å². The maximum atomic E-state index is 11.8. The summed E-state index contributed by atoms with van der Waals surface area (Å²) in [4.78, 5) is -0.274. The Hall–Kier alpha value is -0.561. The Kier molecular flexibility index (Phi) is 4.01. The number of hydrogen-bond acceptors (Lipinski definition) is 3. The molecule has 0 heterocycles. The second kappa shape index (κ2) is 4.75. The van der Waals surface area contributed by atoms with Crippen LogP contribution in [-0.2, 0) is 13.4 Å². The topological polar surface area (TPSA) is 43.4 Å². The number of aryl methyl sites for hydroxylation is 1. The van der Waals surface area contributed by atoms with Crippen LogP contribution >= 0.6 is 0 Å². The minimum absolute atomic E-state index is 0.274. The molecular formula is C8H7F3O3SSe. The SMILES string of the molecule is Cc1ccc(S(=O)(=O)O[Se]C(F)(F)F)cc1. The molecule has 0 saturated heterocycles. The third-order valence-corrected chi connectivity index (χ3v) is 4.58. The van der Waals surface area contributed by atoms with Gasteiger partial charge in [0.1, 0.15) is 0 Å². The Morgan fingerprint density at radius 1 is 1.19 bits per heavy atom. The van der Waals surface area contributed by atoms with Crippen molar-refractivity contribution in [3.05, 3.63) is 29.8 Å². The number of rotatable bonds is 3. The first-order valence-electron chi connectivity index (χ1n) is 3.96. The molecule has 0 unspecified atom stereocenters. The third-order valence-electron chi connectivity index (χ3n) is 1.53. The summed E-state index contributed by atoms with van der Waals surface area (Å²) in [6, 6.07) is 5.38. The van der Waals surface area contributed by atoms with E-state index in [1.54, 1.807) is 6.92 Å². The molecule has 3 nitrogen and oxygen atoms in total. The molecule has 1 aromatic rings. The van der Waals surface area contributed by atoms with Gasteiger partial charge in [-0.15, -0.1) is 0 Å². The zero-order valence-corrected chi connectivity index (χ0v) is 10.5. The number of benzene rings is 1. The number of halogens is 3. The first-order valence-corrected chi connectivity index (χ1v) is 6.93. The molecule has 0 bridgehead atoms. The van der Waals surface area contributed by atoms with E-state index in [1.807, 2.05) is 0 Å². The molecule has 90 valence electrons. The van der Waals surface area contributed by atoms with E-state index in [9.17, 15) is 21.6 Å². The fourth-order valence-corrected chi connectivity index (χ4v) is 3.09. The second-order valence-electron chi connectivity index (χ2n) is 2.86. The Morgan fingerprint density at radius 2 is 1.69 bits per heavy atom. The molecule has 0 aromatic heterocycles. The molecule has 0 amide bonds. The van der Waals surface area contributed by atoms with Crippen LogP contribution < -0.4 is 0 Å². The average Bonchev–Trinajstić information content (AvgIpc) is 2.15. The van der Waals surface area contributed by atoms with E-state index in [0.717, 1.165) is 5.56 Å². The molecule has 16 heavy (non-hydrogen) atoms. The molecule has 0 aliphatic carbocycles.